The number of fused-ring (bicyclic) bond motifs is 1. The molecule has 1 aromatic carbocycles. The quantitative estimate of drug-likeness (QED) is 0.430. The summed E-state index contributed by atoms with van der Waals surface area (Å²) in [6, 6.07) is 8.15. The summed E-state index contributed by atoms with van der Waals surface area (Å²) in [5, 5.41) is 5.85. The highest BCUT2D eigenvalue weighted by Crippen LogP contribution is 2.43. The van der Waals surface area contributed by atoms with Gasteiger partial charge in [-0.3, -0.25) is 9.69 Å². The molecule has 3 fully saturated rings. The number of hydrogen-bond acceptors (Lipinski definition) is 8. The van der Waals surface area contributed by atoms with Crippen molar-refractivity contribution >= 4 is 32.8 Å². The van der Waals surface area contributed by atoms with Crippen LogP contribution in [0.15, 0.2) is 30.3 Å². The summed E-state index contributed by atoms with van der Waals surface area (Å²) in [5.74, 6) is -0.924. The molecular weight excluding hydrogens is 549 g/mol. The third kappa shape index (κ3) is 5.31. The largest absolute Gasteiger partial charge is 0.379 e. The Hall–Kier alpha value is -3.13. The molecule has 11 nitrogen and oxygen atoms in total. The van der Waals surface area contributed by atoms with E-state index in [0.717, 1.165) is 79.4 Å². The number of methoxy groups -OCH3 is 1. The van der Waals surface area contributed by atoms with Crippen molar-refractivity contribution in [3.8, 4) is 5.69 Å². The Kier molecular flexibility index (Phi) is 7.47. The van der Waals surface area contributed by atoms with Crippen molar-refractivity contribution in [3.05, 3.63) is 47.5 Å². The molecule has 1 N–H and O–H groups in total. The number of anilines is 1. The summed E-state index contributed by atoms with van der Waals surface area (Å²) in [6.07, 6.45) is 5.36. The van der Waals surface area contributed by atoms with Crippen LogP contribution in [0.1, 0.15) is 54.2 Å². The van der Waals surface area contributed by atoms with E-state index in [0.29, 0.717) is 23.5 Å². The minimum atomic E-state index is -4.03. The first-order valence-corrected chi connectivity index (χ1v) is 15.5. The normalized spacial score (nSPS) is 19.5. The molecule has 220 valence electrons. The Bertz CT molecular complexity index is 1540. The summed E-state index contributed by atoms with van der Waals surface area (Å²) in [4.78, 5) is 22.7. The summed E-state index contributed by atoms with van der Waals surface area (Å²) >= 11 is 0. The Morgan fingerprint density at radius 3 is 2.37 bits per heavy atom. The number of hydrogen-bond donors (Lipinski definition) is 1. The molecule has 2 saturated heterocycles. The molecule has 1 amide bonds. The number of halogens is 1. The van der Waals surface area contributed by atoms with E-state index in [1.165, 1.54) is 26.2 Å². The van der Waals surface area contributed by atoms with Gasteiger partial charge in [-0.25, -0.2) is 18.8 Å². The van der Waals surface area contributed by atoms with Gasteiger partial charge in [0.15, 0.2) is 5.65 Å². The molecule has 0 atom stereocenters. The van der Waals surface area contributed by atoms with Crippen molar-refractivity contribution in [2.75, 3.05) is 52.3 Å². The van der Waals surface area contributed by atoms with Gasteiger partial charge in [-0.1, -0.05) is 6.42 Å². The molecule has 3 aromatic rings. The maximum atomic E-state index is 13.8. The van der Waals surface area contributed by atoms with Gasteiger partial charge >= 0.3 is 10.2 Å². The van der Waals surface area contributed by atoms with Gasteiger partial charge in [-0.05, 0) is 56.0 Å². The monoisotopic (exact) mass is 585 g/mol. The van der Waals surface area contributed by atoms with Crippen LogP contribution >= 0.6 is 0 Å². The van der Waals surface area contributed by atoms with Gasteiger partial charge in [-0.2, -0.15) is 17.8 Å². The third-order valence-electron chi connectivity index (χ3n) is 8.67. The zero-order chi connectivity index (χ0) is 28.9. The lowest BCUT2D eigenvalue weighted by atomic mass is 9.82. The average molecular weight is 586 g/mol. The lowest BCUT2D eigenvalue weighted by Gasteiger charge is -2.47. The summed E-state index contributed by atoms with van der Waals surface area (Å²) < 4.78 is 48.9. The summed E-state index contributed by atoms with van der Waals surface area (Å²) in [6.45, 7) is 3.45. The maximum absolute atomic E-state index is 13.8. The predicted octanol–water partition coefficient (Wildman–Crippen LogP) is 2.66. The molecule has 2 aliphatic heterocycles. The Morgan fingerprint density at radius 2 is 1.78 bits per heavy atom. The van der Waals surface area contributed by atoms with Crippen LogP contribution in [-0.2, 0) is 14.9 Å². The van der Waals surface area contributed by atoms with E-state index >= 15 is 0 Å². The SMILES string of the molecule is COC1CN(C2CCN(c3cc(C(=O)NS(=O)(=O)N(C)C)nc4c3c(C3CCC3)nn4-c3ccc(F)cc3)CC2)C1. The zero-order valence-electron chi connectivity index (χ0n) is 23.6. The van der Waals surface area contributed by atoms with E-state index in [-0.39, 0.29) is 17.4 Å². The number of piperidine rings is 1. The van der Waals surface area contributed by atoms with Gasteiger partial charge in [0.05, 0.1) is 28.6 Å². The van der Waals surface area contributed by atoms with Crippen LogP contribution in [0.4, 0.5) is 10.1 Å². The van der Waals surface area contributed by atoms with E-state index < -0.39 is 16.1 Å². The van der Waals surface area contributed by atoms with Crippen molar-refractivity contribution in [2.24, 2.45) is 0 Å². The lowest BCUT2D eigenvalue weighted by Crippen LogP contribution is -2.58. The first kappa shape index (κ1) is 28.0. The second kappa shape index (κ2) is 10.9. The first-order chi connectivity index (χ1) is 19.6. The minimum Gasteiger partial charge on any atom is -0.379 e. The molecule has 6 rings (SSSR count). The van der Waals surface area contributed by atoms with E-state index in [4.69, 9.17) is 9.84 Å². The number of aromatic nitrogens is 3. The lowest BCUT2D eigenvalue weighted by molar-refractivity contribution is -0.0546. The number of pyridine rings is 1. The van der Waals surface area contributed by atoms with Crippen LogP contribution in [0.2, 0.25) is 0 Å². The standard InChI is InChI=1S/C28H36FN7O4S/c1-33(2)41(38,39)32-28(37)23-15-24(34-13-11-20(12-14-34)35-16-22(17-35)40-3)25-26(18-5-4-6-18)31-36(27(25)30-23)21-9-7-19(29)8-10-21/h7-10,15,18,20,22H,4-6,11-14,16-17H2,1-3H3,(H,32,37). The van der Waals surface area contributed by atoms with Gasteiger partial charge in [0, 0.05) is 59.3 Å². The third-order valence-corrected chi connectivity index (χ3v) is 10.1. The Morgan fingerprint density at radius 1 is 1.10 bits per heavy atom. The van der Waals surface area contributed by atoms with Gasteiger partial charge < -0.3 is 9.64 Å². The molecule has 0 spiro atoms. The summed E-state index contributed by atoms with van der Waals surface area (Å²) in [7, 11) is 0.427. The molecule has 41 heavy (non-hydrogen) atoms. The van der Waals surface area contributed by atoms with Gasteiger partial charge in [0.1, 0.15) is 11.5 Å². The molecule has 4 heterocycles. The highest BCUT2D eigenvalue weighted by molar-refractivity contribution is 7.87. The van der Waals surface area contributed by atoms with Crippen LogP contribution in [-0.4, -0.2) is 97.8 Å². The van der Waals surface area contributed by atoms with E-state index in [2.05, 4.69) is 19.5 Å². The molecule has 0 bridgehead atoms. The Labute approximate surface area is 239 Å². The highest BCUT2D eigenvalue weighted by atomic mass is 32.2. The average Bonchev–Trinajstić information content (AvgIpc) is 3.26. The highest BCUT2D eigenvalue weighted by Gasteiger charge is 2.36. The van der Waals surface area contributed by atoms with Crippen LogP contribution in [0.3, 0.4) is 0 Å². The first-order valence-electron chi connectivity index (χ1n) is 14.1. The van der Waals surface area contributed by atoms with Crippen molar-refractivity contribution < 1.29 is 22.3 Å². The molecule has 1 saturated carbocycles. The second-order valence-corrected chi connectivity index (χ2v) is 13.3. The topological polar surface area (TPSA) is 113 Å². The van der Waals surface area contributed by atoms with E-state index in [9.17, 15) is 17.6 Å². The van der Waals surface area contributed by atoms with Crippen molar-refractivity contribution in [1.82, 2.24) is 28.7 Å². The van der Waals surface area contributed by atoms with Gasteiger partial charge in [0.2, 0.25) is 0 Å². The Balaban J connectivity index is 1.43. The van der Waals surface area contributed by atoms with E-state index in [1.54, 1.807) is 30.0 Å². The smallest absolute Gasteiger partial charge is 0.303 e. The fourth-order valence-corrected chi connectivity index (χ4v) is 6.39. The molecule has 0 radical (unpaired) electrons. The number of rotatable bonds is 8. The maximum Gasteiger partial charge on any atom is 0.303 e. The van der Waals surface area contributed by atoms with Gasteiger partial charge in [-0.15, -0.1) is 0 Å². The minimum absolute atomic E-state index is 0.0193. The molecular formula is C28H36FN7O4S. The number of nitrogens with one attached hydrogen (secondary N) is 1. The van der Waals surface area contributed by atoms with E-state index in [1.807, 2.05) is 0 Å². The molecule has 13 heteroatoms. The second-order valence-electron chi connectivity index (χ2n) is 11.4. The van der Waals surface area contributed by atoms with Crippen molar-refractivity contribution in [2.45, 2.75) is 50.2 Å². The number of benzene rings is 1. The number of carbonyl (C=O) groups is 1. The number of carbonyl (C=O) groups excluding carboxylic acids is 1. The number of ether oxygens (including phenoxy) is 1. The fourth-order valence-electron chi connectivity index (χ4n) is 5.87. The predicted molar refractivity (Wildman–Crippen MR) is 153 cm³/mol. The summed E-state index contributed by atoms with van der Waals surface area (Å²) in [5.41, 5.74) is 2.79. The van der Waals surface area contributed by atoms with Crippen LogP contribution < -0.4 is 9.62 Å². The molecule has 1 aliphatic carbocycles. The fraction of sp³-hybridized carbons (Fsp3) is 0.536. The number of nitrogens with zero attached hydrogens (tertiary/aromatic N) is 6. The zero-order valence-corrected chi connectivity index (χ0v) is 24.4. The number of likely N-dealkylation sites (tertiary alicyclic amines) is 1. The molecule has 2 aromatic heterocycles. The van der Waals surface area contributed by atoms with Gasteiger partial charge in [0.25, 0.3) is 5.91 Å². The molecule has 0 unspecified atom stereocenters. The van der Waals surface area contributed by atoms with Crippen molar-refractivity contribution in [1.29, 1.82) is 0 Å². The van der Waals surface area contributed by atoms with Crippen LogP contribution in [0.5, 0.6) is 0 Å². The van der Waals surface area contributed by atoms with Crippen molar-refractivity contribution in [3.63, 3.8) is 0 Å². The van der Waals surface area contributed by atoms with Crippen LogP contribution in [0.25, 0.3) is 16.7 Å². The van der Waals surface area contributed by atoms with Crippen LogP contribution in [0, 0.1) is 5.82 Å². The number of amides is 1. The molecule has 3 aliphatic rings.